The Balaban J connectivity index is 1.27. The third-order valence-electron chi connectivity index (χ3n) is 9.54. The quantitative estimate of drug-likeness (QED) is 0.286. The van der Waals surface area contributed by atoms with Gasteiger partial charge in [-0.2, -0.15) is 26.3 Å². The lowest BCUT2D eigenvalue weighted by atomic mass is 9.68. The summed E-state index contributed by atoms with van der Waals surface area (Å²) in [6, 6.07) is 9.33. The summed E-state index contributed by atoms with van der Waals surface area (Å²) in [5, 5.41) is 5.38. The molecule has 2 aromatic carbocycles. The van der Waals surface area contributed by atoms with Crippen LogP contribution in [-0.4, -0.2) is 48.2 Å². The largest absolute Gasteiger partial charge is 0.444 e. The van der Waals surface area contributed by atoms with Crippen LogP contribution in [-0.2, 0) is 33.8 Å². The molecule has 2 N–H and O–H groups in total. The van der Waals surface area contributed by atoms with Crippen LogP contribution in [0, 0.1) is 17.8 Å². The number of halogens is 6. The van der Waals surface area contributed by atoms with Gasteiger partial charge in [-0.15, -0.1) is 0 Å². The molecule has 3 aliphatic rings. The zero-order valence-corrected chi connectivity index (χ0v) is 26.9. The van der Waals surface area contributed by atoms with E-state index in [1.165, 1.54) is 11.1 Å². The van der Waals surface area contributed by atoms with Crippen LogP contribution in [0.25, 0.3) is 6.08 Å². The Morgan fingerprint density at radius 2 is 1.68 bits per heavy atom. The lowest BCUT2D eigenvalue weighted by Gasteiger charge is -2.44. The average molecular weight is 666 g/mol. The van der Waals surface area contributed by atoms with E-state index < -0.39 is 53.5 Å². The van der Waals surface area contributed by atoms with Crippen molar-refractivity contribution in [1.82, 2.24) is 15.5 Å². The molecule has 5 rings (SSSR count). The number of allylic oxidation sites excluding steroid dienone is 1. The van der Waals surface area contributed by atoms with Crippen LogP contribution in [0.15, 0.2) is 48.5 Å². The number of alkyl halides is 6. The highest BCUT2D eigenvalue weighted by atomic mass is 19.4. The Morgan fingerprint density at radius 3 is 2.30 bits per heavy atom. The molecule has 0 bridgehead atoms. The Labute approximate surface area is 270 Å². The summed E-state index contributed by atoms with van der Waals surface area (Å²) in [6.45, 7) is 9.07. The molecule has 2 fully saturated rings. The van der Waals surface area contributed by atoms with Crippen LogP contribution in [0.4, 0.5) is 31.1 Å². The van der Waals surface area contributed by atoms with Gasteiger partial charge >= 0.3 is 18.4 Å². The number of ether oxygens (including phenoxy) is 1. The van der Waals surface area contributed by atoms with Crippen molar-refractivity contribution in [2.45, 2.75) is 82.9 Å². The summed E-state index contributed by atoms with van der Waals surface area (Å²) < 4.78 is 85.7. The van der Waals surface area contributed by atoms with Gasteiger partial charge in [0.15, 0.2) is 0 Å². The first-order valence-electron chi connectivity index (χ1n) is 15.9. The van der Waals surface area contributed by atoms with Crippen molar-refractivity contribution in [2.75, 3.05) is 19.6 Å². The Bertz CT molecular complexity index is 1480. The van der Waals surface area contributed by atoms with Gasteiger partial charge in [0.2, 0.25) is 5.91 Å². The van der Waals surface area contributed by atoms with Crippen molar-refractivity contribution in [2.24, 2.45) is 17.8 Å². The number of benzene rings is 2. The van der Waals surface area contributed by atoms with Crippen molar-refractivity contribution >= 4 is 18.1 Å². The second-order valence-corrected chi connectivity index (χ2v) is 14.1. The van der Waals surface area contributed by atoms with Crippen LogP contribution >= 0.6 is 0 Å². The van der Waals surface area contributed by atoms with Gasteiger partial charge in [-0.1, -0.05) is 43.3 Å². The molecule has 47 heavy (non-hydrogen) atoms. The molecule has 12 heteroatoms. The number of amides is 2. The zero-order valence-electron chi connectivity index (χ0n) is 26.9. The molecular weight excluding hydrogens is 624 g/mol. The number of fused-ring (bicyclic) bond motifs is 2. The third-order valence-corrected chi connectivity index (χ3v) is 9.54. The third kappa shape index (κ3) is 8.13. The lowest BCUT2D eigenvalue weighted by molar-refractivity contribution is -0.143. The Hall–Kier alpha value is -3.54. The normalized spacial score (nSPS) is 24.9. The molecule has 1 saturated carbocycles. The monoisotopic (exact) mass is 665 g/mol. The maximum atomic E-state index is 13.6. The predicted octanol–water partition coefficient (Wildman–Crippen LogP) is 7.57. The maximum Gasteiger partial charge on any atom is 0.416 e. The SMILES string of the molecule is C[C@H]1CN(CCC(C(=O)NCc2cc(C(F)(F)F)cc(C(F)(F)F)c2)C2CC2NC(=O)OC(C)(C)C)CC[C@@]12C=Cc1ccccc12. The molecule has 2 amide bonds. The molecule has 256 valence electrons. The summed E-state index contributed by atoms with van der Waals surface area (Å²) in [5.74, 6) is -1.06. The molecule has 1 saturated heterocycles. The van der Waals surface area contributed by atoms with Gasteiger partial charge in [0.25, 0.3) is 0 Å². The molecule has 1 heterocycles. The minimum absolute atomic E-state index is 0.0526. The van der Waals surface area contributed by atoms with Crippen molar-refractivity contribution in [3.8, 4) is 0 Å². The number of rotatable bonds is 8. The van der Waals surface area contributed by atoms with E-state index >= 15 is 0 Å². The first-order valence-corrected chi connectivity index (χ1v) is 15.9. The fraction of sp³-hybridized carbons (Fsp3) is 0.543. The van der Waals surface area contributed by atoms with E-state index in [9.17, 15) is 35.9 Å². The smallest absolute Gasteiger partial charge is 0.416 e. The molecule has 1 spiro atoms. The van der Waals surface area contributed by atoms with Gasteiger partial charge in [0.1, 0.15) is 5.60 Å². The standard InChI is InChI=1S/C35H41F6N3O3/c1-21-20-44(14-12-33(21)11-9-23-7-5-6-8-28(23)33)13-10-26(27-18-29(27)43-31(46)47-32(2,3)4)30(45)42-19-22-15-24(34(36,37)38)17-25(16-22)35(39,40)41/h5-9,11,15-17,21,26-27,29H,10,12-14,18-20H2,1-4H3,(H,42,45)(H,43,46)/t21-,26?,27?,29?,33-/m0/s1. The number of nitrogens with one attached hydrogen (secondary N) is 2. The maximum absolute atomic E-state index is 13.6. The predicted molar refractivity (Wildman–Crippen MR) is 165 cm³/mol. The minimum Gasteiger partial charge on any atom is -0.444 e. The van der Waals surface area contributed by atoms with Crippen LogP contribution in [0.5, 0.6) is 0 Å². The fourth-order valence-electron chi connectivity index (χ4n) is 7.06. The number of carbonyl (C=O) groups excluding carboxylic acids is 2. The van der Waals surface area contributed by atoms with Crippen LogP contribution < -0.4 is 10.6 Å². The van der Waals surface area contributed by atoms with Crippen LogP contribution in [0.2, 0.25) is 0 Å². The van der Waals surface area contributed by atoms with E-state index in [1.54, 1.807) is 20.8 Å². The fourth-order valence-corrected chi connectivity index (χ4v) is 7.06. The van der Waals surface area contributed by atoms with Gasteiger partial charge in [-0.3, -0.25) is 4.79 Å². The van der Waals surface area contributed by atoms with Gasteiger partial charge in [0, 0.05) is 30.5 Å². The van der Waals surface area contributed by atoms with E-state index in [2.05, 4.69) is 52.8 Å². The average Bonchev–Trinajstić information content (AvgIpc) is 3.61. The number of hydrogen-bond acceptors (Lipinski definition) is 4. The van der Waals surface area contributed by atoms with E-state index in [0.717, 1.165) is 19.5 Å². The summed E-state index contributed by atoms with van der Waals surface area (Å²) in [4.78, 5) is 28.3. The number of alkyl carbamates (subject to hydrolysis) is 1. The molecule has 2 aliphatic carbocycles. The molecule has 1 aliphatic heterocycles. The van der Waals surface area contributed by atoms with Gasteiger partial charge < -0.3 is 20.3 Å². The highest BCUT2D eigenvalue weighted by molar-refractivity contribution is 5.80. The topological polar surface area (TPSA) is 70.7 Å². The number of piperidine rings is 1. The molecule has 2 aromatic rings. The number of carbonyl (C=O) groups is 2. The summed E-state index contributed by atoms with van der Waals surface area (Å²) in [6.07, 6.45) is -4.31. The summed E-state index contributed by atoms with van der Waals surface area (Å²) in [7, 11) is 0. The van der Waals surface area contributed by atoms with E-state index in [0.29, 0.717) is 37.4 Å². The molecule has 0 radical (unpaired) electrons. The highest BCUT2D eigenvalue weighted by Crippen LogP contribution is 2.47. The molecule has 5 atom stereocenters. The van der Waals surface area contributed by atoms with E-state index in [1.807, 2.05) is 6.07 Å². The van der Waals surface area contributed by atoms with Gasteiger partial charge in [-0.25, -0.2) is 4.79 Å². The van der Waals surface area contributed by atoms with Crippen molar-refractivity contribution in [3.05, 3.63) is 76.4 Å². The summed E-state index contributed by atoms with van der Waals surface area (Å²) in [5.41, 5.74) is -1.40. The Kier molecular flexibility index (Phi) is 9.49. The van der Waals surface area contributed by atoms with Crippen LogP contribution in [0.1, 0.15) is 74.8 Å². The van der Waals surface area contributed by atoms with Gasteiger partial charge in [0.05, 0.1) is 11.1 Å². The number of hydrogen-bond donors (Lipinski definition) is 2. The highest BCUT2D eigenvalue weighted by Gasteiger charge is 2.48. The van der Waals surface area contributed by atoms with Crippen molar-refractivity contribution in [1.29, 1.82) is 0 Å². The zero-order chi connectivity index (χ0) is 34.4. The molecule has 0 aromatic heterocycles. The first-order chi connectivity index (χ1) is 21.9. The number of nitrogens with zero attached hydrogens (tertiary/aromatic N) is 1. The van der Waals surface area contributed by atoms with Crippen molar-refractivity contribution in [3.63, 3.8) is 0 Å². The molecule has 6 nitrogen and oxygen atoms in total. The first kappa shape index (κ1) is 34.8. The second kappa shape index (κ2) is 12.8. The van der Waals surface area contributed by atoms with Gasteiger partial charge in [-0.05, 0) is 99.8 Å². The summed E-state index contributed by atoms with van der Waals surface area (Å²) >= 11 is 0. The molecule has 3 unspecified atom stereocenters. The second-order valence-electron chi connectivity index (χ2n) is 14.1. The minimum atomic E-state index is -4.99. The lowest BCUT2D eigenvalue weighted by Crippen LogP contribution is -2.48. The van der Waals surface area contributed by atoms with Crippen LogP contribution in [0.3, 0.4) is 0 Å². The van der Waals surface area contributed by atoms with Crippen molar-refractivity contribution < 1.29 is 40.7 Å². The van der Waals surface area contributed by atoms with E-state index in [4.69, 9.17) is 4.74 Å². The Morgan fingerprint density at radius 1 is 1.02 bits per heavy atom. The molecular formula is C35H41F6N3O3. The number of likely N-dealkylation sites (tertiary alicyclic amines) is 1. The van der Waals surface area contributed by atoms with E-state index in [-0.39, 0.29) is 29.0 Å².